The fourth-order valence-electron chi connectivity index (χ4n) is 2.09. The molecule has 1 unspecified atom stereocenters. The van der Waals surface area contributed by atoms with Gasteiger partial charge in [-0.15, -0.1) is 17.9 Å². The van der Waals surface area contributed by atoms with Crippen LogP contribution in [-0.2, 0) is 6.42 Å². The Morgan fingerprint density at radius 1 is 1.67 bits per heavy atom. The van der Waals surface area contributed by atoms with Gasteiger partial charge < -0.3 is 5.32 Å². The average molecular weight is 242 g/mol. The minimum Gasteiger partial charge on any atom is -0.310 e. The van der Waals surface area contributed by atoms with E-state index in [1.165, 1.54) is 29.7 Å². The zero-order valence-corrected chi connectivity index (χ0v) is 10.3. The summed E-state index contributed by atoms with van der Waals surface area (Å²) < 4.78 is 0.928. The Labute approximate surface area is 100 Å². The summed E-state index contributed by atoms with van der Waals surface area (Å²) in [6.45, 7) is 4.75. The lowest BCUT2D eigenvalue weighted by Crippen LogP contribution is -2.24. The molecule has 1 aliphatic carbocycles. The van der Waals surface area contributed by atoms with E-state index in [-0.39, 0.29) is 0 Å². The van der Waals surface area contributed by atoms with E-state index in [2.05, 4.69) is 18.0 Å². The molecule has 1 aliphatic rings. The van der Waals surface area contributed by atoms with Crippen molar-refractivity contribution in [1.82, 2.24) is 5.32 Å². The lowest BCUT2D eigenvalue weighted by Gasteiger charge is -2.23. The summed E-state index contributed by atoms with van der Waals surface area (Å²) in [5.41, 5.74) is 1.43. The summed E-state index contributed by atoms with van der Waals surface area (Å²) in [7, 11) is 0. The molecule has 82 valence electrons. The van der Waals surface area contributed by atoms with Gasteiger partial charge >= 0.3 is 0 Å². The third-order valence-electron chi connectivity index (χ3n) is 2.82. The van der Waals surface area contributed by atoms with Gasteiger partial charge in [0.1, 0.15) is 0 Å². The highest BCUT2D eigenvalue weighted by atomic mass is 35.5. The molecule has 1 aromatic rings. The number of thiophene rings is 1. The van der Waals surface area contributed by atoms with E-state index in [0.717, 1.165) is 17.3 Å². The minimum atomic E-state index is 0.512. The number of aryl methyl sites for hydroxylation is 1. The molecule has 0 fully saturated rings. The summed E-state index contributed by atoms with van der Waals surface area (Å²) in [6.07, 6.45) is 6.69. The zero-order chi connectivity index (χ0) is 10.7. The molecule has 1 aromatic heterocycles. The van der Waals surface area contributed by atoms with Crippen LogP contribution in [0.5, 0.6) is 0 Å². The number of halogens is 1. The molecule has 0 spiro atoms. The maximum absolute atomic E-state index is 6.05. The first-order valence-corrected chi connectivity index (χ1v) is 6.63. The monoisotopic (exact) mass is 241 g/mol. The second-order valence-corrected chi connectivity index (χ2v) is 5.67. The van der Waals surface area contributed by atoms with E-state index in [0.29, 0.717) is 6.04 Å². The van der Waals surface area contributed by atoms with Crippen LogP contribution in [0.2, 0.25) is 4.34 Å². The third-order valence-corrected chi connectivity index (χ3v) is 4.16. The topological polar surface area (TPSA) is 12.0 Å². The number of nitrogens with one attached hydrogen (secondary N) is 1. The average Bonchev–Trinajstić information content (AvgIpc) is 2.59. The third kappa shape index (κ3) is 2.63. The quantitative estimate of drug-likeness (QED) is 0.622. The van der Waals surface area contributed by atoms with Gasteiger partial charge in [0, 0.05) is 10.9 Å². The molecule has 1 nitrogen and oxygen atoms in total. The summed E-state index contributed by atoms with van der Waals surface area (Å²) >= 11 is 7.79. The first-order valence-electron chi connectivity index (χ1n) is 5.43. The molecule has 0 aromatic carbocycles. The molecule has 0 radical (unpaired) electrons. The highest BCUT2D eigenvalue weighted by Gasteiger charge is 2.21. The predicted octanol–water partition coefficient (Wildman–Crippen LogP) is 3.94. The zero-order valence-electron chi connectivity index (χ0n) is 8.76. The van der Waals surface area contributed by atoms with Crippen LogP contribution in [0.25, 0.3) is 0 Å². The highest BCUT2D eigenvalue weighted by Crippen LogP contribution is 2.37. The van der Waals surface area contributed by atoms with Crippen molar-refractivity contribution in [3.8, 4) is 0 Å². The van der Waals surface area contributed by atoms with Gasteiger partial charge in [0.15, 0.2) is 0 Å². The smallest absolute Gasteiger partial charge is 0.0934 e. The fraction of sp³-hybridized carbons (Fsp3) is 0.500. The summed E-state index contributed by atoms with van der Waals surface area (Å²) in [6, 6.07) is 2.64. The molecular weight excluding hydrogens is 226 g/mol. The van der Waals surface area contributed by atoms with Crippen molar-refractivity contribution in [3.63, 3.8) is 0 Å². The molecule has 2 rings (SSSR count). The maximum atomic E-state index is 6.05. The first kappa shape index (κ1) is 11.2. The molecule has 1 heterocycles. The van der Waals surface area contributed by atoms with Crippen molar-refractivity contribution in [2.75, 3.05) is 6.54 Å². The molecule has 0 saturated heterocycles. The molecule has 0 saturated carbocycles. The number of rotatable bonds is 4. The number of fused-ring (bicyclic) bond motifs is 1. The normalized spacial score (nSPS) is 19.9. The van der Waals surface area contributed by atoms with Gasteiger partial charge in [0.2, 0.25) is 0 Å². The van der Waals surface area contributed by atoms with Gasteiger partial charge in [0.05, 0.1) is 4.34 Å². The van der Waals surface area contributed by atoms with Crippen molar-refractivity contribution < 1.29 is 0 Å². The Morgan fingerprint density at radius 3 is 3.33 bits per heavy atom. The van der Waals surface area contributed by atoms with Crippen molar-refractivity contribution in [2.45, 2.75) is 31.7 Å². The Hall–Kier alpha value is -0.310. The van der Waals surface area contributed by atoms with E-state index in [1.54, 1.807) is 11.3 Å². The Kier molecular flexibility index (Phi) is 3.84. The van der Waals surface area contributed by atoms with Crippen LogP contribution < -0.4 is 5.32 Å². The van der Waals surface area contributed by atoms with Crippen molar-refractivity contribution in [2.24, 2.45) is 0 Å². The van der Waals surface area contributed by atoms with E-state index < -0.39 is 0 Å². The van der Waals surface area contributed by atoms with Crippen LogP contribution in [0.15, 0.2) is 18.7 Å². The van der Waals surface area contributed by atoms with Crippen LogP contribution in [0.4, 0.5) is 0 Å². The van der Waals surface area contributed by atoms with Crippen molar-refractivity contribution in [3.05, 3.63) is 33.5 Å². The molecular formula is C12H16ClNS. The Morgan fingerprint density at radius 2 is 2.53 bits per heavy atom. The van der Waals surface area contributed by atoms with Gasteiger partial charge in [-0.25, -0.2) is 0 Å². The van der Waals surface area contributed by atoms with E-state index in [4.69, 9.17) is 11.6 Å². The summed E-state index contributed by atoms with van der Waals surface area (Å²) in [5, 5.41) is 3.57. The largest absolute Gasteiger partial charge is 0.310 e. The summed E-state index contributed by atoms with van der Waals surface area (Å²) in [4.78, 5) is 1.47. The lowest BCUT2D eigenvalue weighted by atomic mass is 9.94. The standard InChI is InChI=1S/C12H16ClNS/c1-2-3-7-14-10-5-4-6-11-9(10)8-12(13)15-11/h2,8,10,14H,1,3-7H2. The fourth-order valence-corrected chi connectivity index (χ4v) is 3.48. The highest BCUT2D eigenvalue weighted by molar-refractivity contribution is 7.16. The van der Waals surface area contributed by atoms with Crippen molar-refractivity contribution >= 4 is 22.9 Å². The van der Waals surface area contributed by atoms with E-state index in [9.17, 15) is 0 Å². The molecule has 1 N–H and O–H groups in total. The second-order valence-electron chi connectivity index (χ2n) is 3.91. The Bertz CT molecular complexity index is 345. The van der Waals surface area contributed by atoms with Crippen LogP contribution in [0, 0.1) is 0 Å². The van der Waals surface area contributed by atoms with Gasteiger partial charge in [-0.2, -0.15) is 0 Å². The number of hydrogen-bond donors (Lipinski definition) is 1. The van der Waals surface area contributed by atoms with Crippen molar-refractivity contribution in [1.29, 1.82) is 0 Å². The van der Waals surface area contributed by atoms with Crippen LogP contribution >= 0.6 is 22.9 Å². The van der Waals surface area contributed by atoms with Crippen LogP contribution in [0.1, 0.15) is 35.7 Å². The summed E-state index contributed by atoms with van der Waals surface area (Å²) in [5.74, 6) is 0. The second kappa shape index (κ2) is 5.15. The van der Waals surface area contributed by atoms with Crippen LogP contribution in [0.3, 0.4) is 0 Å². The molecule has 0 bridgehead atoms. The first-order chi connectivity index (χ1) is 7.31. The molecule has 3 heteroatoms. The molecule has 0 aliphatic heterocycles. The number of hydrogen-bond acceptors (Lipinski definition) is 2. The van der Waals surface area contributed by atoms with Crippen LogP contribution in [-0.4, -0.2) is 6.54 Å². The molecule has 0 amide bonds. The van der Waals surface area contributed by atoms with E-state index in [1.807, 2.05) is 6.08 Å². The van der Waals surface area contributed by atoms with Gasteiger partial charge in [0.25, 0.3) is 0 Å². The minimum absolute atomic E-state index is 0.512. The maximum Gasteiger partial charge on any atom is 0.0934 e. The predicted molar refractivity (Wildman–Crippen MR) is 67.8 cm³/mol. The SMILES string of the molecule is C=CCCNC1CCCc2sc(Cl)cc21. The van der Waals surface area contributed by atoms with E-state index >= 15 is 0 Å². The van der Waals surface area contributed by atoms with Gasteiger partial charge in [-0.1, -0.05) is 17.7 Å². The Balaban J connectivity index is 2.04. The lowest BCUT2D eigenvalue weighted by molar-refractivity contribution is 0.469. The van der Waals surface area contributed by atoms with Gasteiger partial charge in [-0.3, -0.25) is 0 Å². The molecule has 1 atom stereocenters. The van der Waals surface area contributed by atoms with Gasteiger partial charge in [-0.05, 0) is 43.9 Å². The molecule has 15 heavy (non-hydrogen) atoms.